The predicted octanol–water partition coefficient (Wildman–Crippen LogP) is 3.26. The molecular weight excluding hydrogens is 302 g/mol. The van der Waals surface area contributed by atoms with Crippen LogP contribution in [0.4, 0.5) is 0 Å². The molecule has 5 heteroatoms. The molecule has 0 unspecified atom stereocenters. The van der Waals surface area contributed by atoms with Crippen LogP contribution in [0.25, 0.3) is 0 Å². The molecule has 0 heterocycles. The van der Waals surface area contributed by atoms with Crippen molar-refractivity contribution in [1.29, 1.82) is 0 Å². The van der Waals surface area contributed by atoms with E-state index in [0.29, 0.717) is 18.0 Å². The number of rotatable bonds is 6. The Morgan fingerprint density at radius 3 is 1.94 bits per heavy atom. The van der Waals surface area contributed by atoms with Crippen LogP contribution >= 0.6 is 15.9 Å². The highest BCUT2D eigenvalue weighted by Crippen LogP contribution is 2.19. The third-order valence-electron chi connectivity index (χ3n) is 2.40. The number of hydrogen-bond acceptors (Lipinski definition) is 2. The van der Waals surface area contributed by atoms with Gasteiger partial charge in [-0.05, 0) is 37.1 Å². The van der Waals surface area contributed by atoms with Crippen LogP contribution in [-0.4, -0.2) is 25.8 Å². The fourth-order valence-corrected chi connectivity index (χ4v) is 3.49. The minimum Gasteiger partial charge on any atom is -0.207 e. The molecular formula is C12H18BrNO2S. The Hall–Kier alpha value is -0.390. The van der Waals surface area contributed by atoms with Gasteiger partial charge in [0.1, 0.15) is 0 Å². The van der Waals surface area contributed by atoms with Crippen molar-refractivity contribution < 1.29 is 8.42 Å². The zero-order valence-electron chi connectivity index (χ0n) is 10.2. The van der Waals surface area contributed by atoms with E-state index < -0.39 is 10.0 Å². The predicted molar refractivity (Wildman–Crippen MR) is 73.5 cm³/mol. The van der Waals surface area contributed by atoms with Crippen molar-refractivity contribution in [3.8, 4) is 0 Å². The Labute approximate surface area is 112 Å². The summed E-state index contributed by atoms with van der Waals surface area (Å²) in [6.45, 7) is 5.12. The zero-order valence-corrected chi connectivity index (χ0v) is 12.6. The summed E-state index contributed by atoms with van der Waals surface area (Å²) in [6.07, 6.45) is 1.66. The first-order valence-electron chi connectivity index (χ1n) is 5.78. The highest BCUT2D eigenvalue weighted by molar-refractivity contribution is 9.10. The van der Waals surface area contributed by atoms with E-state index in [2.05, 4.69) is 15.9 Å². The summed E-state index contributed by atoms with van der Waals surface area (Å²) in [5.74, 6) is 0. The molecule has 0 bridgehead atoms. The van der Waals surface area contributed by atoms with E-state index in [1.807, 2.05) is 13.8 Å². The van der Waals surface area contributed by atoms with E-state index >= 15 is 0 Å². The second kappa shape index (κ2) is 6.52. The molecule has 3 nitrogen and oxygen atoms in total. The van der Waals surface area contributed by atoms with E-state index in [4.69, 9.17) is 0 Å². The Balaban J connectivity index is 3.02. The Bertz CT molecular complexity index is 436. The smallest absolute Gasteiger partial charge is 0.207 e. The van der Waals surface area contributed by atoms with E-state index in [9.17, 15) is 8.42 Å². The van der Waals surface area contributed by atoms with Crippen LogP contribution in [0.2, 0.25) is 0 Å². The molecule has 1 aromatic rings. The van der Waals surface area contributed by atoms with Crippen LogP contribution in [0.5, 0.6) is 0 Å². The van der Waals surface area contributed by atoms with Crippen molar-refractivity contribution in [2.75, 3.05) is 13.1 Å². The average Bonchev–Trinajstić information content (AvgIpc) is 2.29. The lowest BCUT2D eigenvalue weighted by atomic mass is 10.4. The largest absolute Gasteiger partial charge is 0.243 e. The summed E-state index contributed by atoms with van der Waals surface area (Å²) in [7, 11) is -3.33. The number of nitrogens with zero attached hydrogens (tertiary/aromatic N) is 1. The Kier molecular flexibility index (Phi) is 5.62. The average molecular weight is 320 g/mol. The molecule has 0 atom stereocenters. The molecule has 0 aliphatic heterocycles. The van der Waals surface area contributed by atoms with Gasteiger partial charge in [0.15, 0.2) is 0 Å². The van der Waals surface area contributed by atoms with Crippen LogP contribution in [0, 0.1) is 0 Å². The van der Waals surface area contributed by atoms with Crippen molar-refractivity contribution in [2.24, 2.45) is 0 Å². The van der Waals surface area contributed by atoms with Crippen LogP contribution in [0.3, 0.4) is 0 Å². The molecule has 0 saturated carbocycles. The molecule has 0 radical (unpaired) electrons. The highest BCUT2D eigenvalue weighted by Gasteiger charge is 2.22. The monoisotopic (exact) mass is 319 g/mol. The minimum atomic E-state index is -3.33. The molecule has 0 aliphatic carbocycles. The maximum Gasteiger partial charge on any atom is 0.243 e. The molecule has 96 valence electrons. The van der Waals surface area contributed by atoms with Gasteiger partial charge in [-0.1, -0.05) is 29.8 Å². The van der Waals surface area contributed by atoms with Gasteiger partial charge in [-0.2, -0.15) is 4.31 Å². The summed E-state index contributed by atoms with van der Waals surface area (Å²) in [4.78, 5) is 0.364. The molecule has 17 heavy (non-hydrogen) atoms. The van der Waals surface area contributed by atoms with Crippen molar-refractivity contribution >= 4 is 26.0 Å². The van der Waals surface area contributed by atoms with Crippen LogP contribution < -0.4 is 0 Å². The lowest BCUT2D eigenvalue weighted by Gasteiger charge is -2.20. The van der Waals surface area contributed by atoms with E-state index in [0.717, 1.165) is 17.3 Å². The normalized spacial score (nSPS) is 12.0. The first kappa shape index (κ1) is 14.7. The summed E-state index contributed by atoms with van der Waals surface area (Å²) in [5, 5.41) is 0. The lowest BCUT2D eigenvalue weighted by molar-refractivity contribution is 0.410. The second-order valence-corrected chi connectivity index (χ2v) is 6.71. The van der Waals surface area contributed by atoms with Gasteiger partial charge in [0.2, 0.25) is 10.0 Å². The van der Waals surface area contributed by atoms with Crippen LogP contribution in [-0.2, 0) is 10.0 Å². The van der Waals surface area contributed by atoms with Gasteiger partial charge in [-0.25, -0.2) is 8.42 Å². The van der Waals surface area contributed by atoms with Crippen molar-refractivity contribution in [3.05, 3.63) is 28.7 Å². The third kappa shape index (κ3) is 3.79. The van der Waals surface area contributed by atoms with Crippen LogP contribution in [0.1, 0.15) is 26.7 Å². The second-order valence-electron chi connectivity index (χ2n) is 3.86. The number of halogens is 1. The van der Waals surface area contributed by atoms with Gasteiger partial charge in [0.05, 0.1) is 4.90 Å². The standard InChI is InChI=1S/C12H18BrNO2S/c1-3-9-14(10-4-2)17(15,16)12-7-5-11(13)6-8-12/h5-8H,3-4,9-10H2,1-2H3. The van der Waals surface area contributed by atoms with Crippen molar-refractivity contribution in [2.45, 2.75) is 31.6 Å². The molecule has 0 saturated heterocycles. The molecule has 1 rings (SSSR count). The molecule has 0 aromatic heterocycles. The molecule has 1 aromatic carbocycles. The highest BCUT2D eigenvalue weighted by atomic mass is 79.9. The molecule has 0 spiro atoms. The first-order chi connectivity index (χ1) is 8.02. The minimum absolute atomic E-state index is 0.364. The third-order valence-corrected chi connectivity index (χ3v) is 4.84. The van der Waals surface area contributed by atoms with Gasteiger partial charge in [0, 0.05) is 17.6 Å². The SMILES string of the molecule is CCCN(CCC)S(=O)(=O)c1ccc(Br)cc1. The van der Waals surface area contributed by atoms with Gasteiger partial charge in [-0.3, -0.25) is 0 Å². The topological polar surface area (TPSA) is 37.4 Å². The lowest BCUT2D eigenvalue weighted by Crippen LogP contribution is -2.32. The summed E-state index contributed by atoms with van der Waals surface area (Å²) in [6, 6.07) is 6.78. The summed E-state index contributed by atoms with van der Waals surface area (Å²) in [5.41, 5.74) is 0. The van der Waals surface area contributed by atoms with E-state index in [-0.39, 0.29) is 0 Å². The quantitative estimate of drug-likeness (QED) is 0.807. The van der Waals surface area contributed by atoms with Gasteiger partial charge < -0.3 is 0 Å². The Morgan fingerprint density at radius 2 is 1.53 bits per heavy atom. The van der Waals surface area contributed by atoms with Gasteiger partial charge in [0.25, 0.3) is 0 Å². The van der Waals surface area contributed by atoms with Crippen LogP contribution in [0.15, 0.2) is 33.6 Å². The fraction of sp³-hybridized carbons (Fsp3) is 0.500. The zero-order chi connectivity index (χ0) is 12.9. The van der Waals surface area contributed by atoms with Crippen molar-refractivity contribution in [1.82, 2.24) is 4.31 Å². The van der Waals surface area contributed by atoms with Gasteiger partial charge in [-0.15, -0.1) is 0 Å². The number of sulfonamides is 1. The number of benzene rings is 1. The number of hydrogen-bond donors (Lipinski definition) is 0. The molecule has 0 amide bonds. The van der Waals surface area contributed by atoms with Crippen molar-refractivity contribution in [3.63, 3.8) is 0 Å². The molecule has 0 fully saturated rings. The molecule has 0 aliphatic rings. The first-order valence-corrected chi connectivity index (χ1v) is 8.01. The summed E-state index contributed by atoms with van der Waals surface area (Å²) < 4.78 is 27.1. The van der Waals surface area contributed by atoms with Gasteiger partial charge >= 0.3 is 0 Å². The molecule has 0 N–H and O–H groups in total. The van der Waals surface area contributed by atoms with E-state index in [1.165, 1.54) is 0 Å². The maximum absolute atomic E-state index is 12.3. The summed E-state index contributed by atoms with van der Waals surface area (Å²) >= 11 is 3.30. The Morgan fingerprint density at radius 1 is 1.06 bits per heavy atom. The van der Waals surface area contributed by atoms with E-state index in [1.54, 1.807) is 28.6 Å². The maximum atomic E-state index is 12.3. The fourth-order valence-electron chi connectivity index (χ4n) is 1.61.